The summed E-state index contributed by atoms with van der Waals surface area (Å²) in [5.74, 6) is 8.08. The molecule has 20 nitrogen and oxygen atoms in total. The van der Waals surface area contributed by atoms with E-state index in [0.717, 1.165) is 52.7 Å². The van der Waals surface area contributed by atoms with Crippen molar-refractivity contribution < 1.29 is 8.83 Å². The van der Waals surface area contributed by atoms with Crippen molar-refractivity contribution in [3.63, 3.8) is 0 Å². The summed E-state index contributed by atoms with van der Waals surface area (Å²) in [5, 5.41) is 0. The van der Waals surface area contributed by atoms with Gasteiger partial charge in [-0.05, 0) is 220 Å². The van der Waals surface area contributed by atoms with Crippen molar-refractivity contribution in [3.05, 3.63) is 268 Å². The lowest BCUT2D eigenvalue weighted by Crippen LogP contribution is -2.62. The van der Waals surface area contributed by atoms with Crippen molar-refractivity contribution in [1.29, 1.82) is 0 Å². The van der Waals surface area contributed by atoms with Crippen molar-refractivity contribution in [2.45, 2.75) is 311 Å². The minimum Gasteiger partial charge on any atom is -0.432 e. The molecular formula is C112H142N18O2. The Kier molecular flexibility index (Phi) is 20.3. The number of rotatable bonds is 3. The number of hydrogen-bond donors (Lipinski definition) is 0. The Bertz CT molecular complexity index is 6730. The first kappa shape index (κ1) is 87.5. The number of fused-ring (bicyclic) bond motifs is 25. The molecule has 13 aliphatic rings. The third-order valence-corrected chi connectivity index (χ3v) is 36.8. The zero-order valence-electron chi connectivity index (χ0n) is 83.3. The average Bonchev–Trinajstić information content (AvgIpc) is 1.49. The summed E-state index contributed by atoms with van der Waals surface area (Å²) in [6, 6.07) is 45.8. The number of aromatic nitrogens is 13. The Labute approximate surface area is 781 Å². The van der Waals surface area contributed by atoms with Crippen LogP contribution in [-0.4, -0.2) is 60.6 Å². The molecular weight excluding hydrogens is 1630 g/mol. The van der Waals surface area contributed by atoms with Gasteiger partial charge in [-0.2, -0.15) is 9.97 Å². The third-order valence-electron chi connectivity index (χ3n) is 36.8. The minimum atomic E-state index is -0.139. The van der Waals surface area contributed by atoms with Gasteiger partial charge in [0, 0.05) is 110 Å². The van der Waals surface area contributed by atoms with Crippen LogP contribution in [0, 0.1) is 55.3 Å². The number of benzene rings is 5. The number of imidazole rings is 8. The van der Waals surface area contributed by atoms with Crippen LogP contribution in [0.1, 0.15) is 336 Å². The van der Waals surface area contributed by atoms with Crippen molar-refractivity contribution in [3.8, 4) is 0 Å². The fourth-order valence-corrected chi connectivity index (χ4v) is 29.5. The van der Waals surface area contributed by atoms with Gasteiger partial charge in [0.05, 0.1) is 115 Å². The van der Waals surface area contributed by atoms with Gasteiger partial charge in [0.25, 0.3) is 0 Å². The van der Waals surface area contributed by atoms with Crippen LogP contribution in [0.25, 0.3) is 29.0 Å². The molecule has 692 valence electrons. The van der Waals surface area contributed by atoms with E-state index in [1.54, 1.807) is 12.5 Å². The van der Waals surface area contributed by atoms with Crippen LogP contribution in [0.4, 0.5) is 28.4 Å². The van der Waals surface area contributed by atoms with E-state index in [1.807, 2.05) is 40.1 Å². The molecule has 0 saturated heterocycles. The number of nitrogens with zero attached hydrogens (tertiary/aromatic N) is 18. The molecule has 5 aromatic carbocycles. The number of hydrogen-bond acceptors (Lipinski definition) is 12. The zero-order valence-corrected chi connectivity index (χ0v) is 83.3. The molecule has 6 aliphatic carbocycles. The summed E-state index contributed by atoms with van der Waals surface area (Å²) in [5.41, 5.74) is 26.9. The Morgan fingerprint density at radius 1 is 0.311 bits per heavy atom. The molecule has 17 heterocycles. The summed E-state index contributed by atoms with van der Waals surface area (Å²) in [6.45, 7) is 50.5. The van der Waals surface area contributed by atoms with Gasteiger partial charge in [-0.25, -0.2) is 15.0 Å². The van der Waals surface area contributed by atoms with Crippen molar-refractivity contribution in [2.75, 3.05) is 24.5 Å². The highest BCUT2D eigenvalue weighted by molar-refractivity contribution is 5.73. The highest BCUT2D eigenvalue weighted by Crippen LogP contribution is 2.72. The Balaban J connectivity index is 0.0000000987. The van der Waals surface area contributed by atoms with E-state index in [-0.39, 0.29) is 73.5 Å². The summed E-state index contributed by atoms with van der Waals surface area (Å²) in [6.07, 6.45) is 38.9. The molecule has 7 aliphatic heterocycles. The fraction of sp³-hybridized carbons (Fsp3) is 0.509. The summed E-state index contributed by atoms with van der Waals surface area (Å²) in [4.78, 5) is 38.4. The van der Waals surface area contributed by atoms with Gasteiger partial charge in [-0.1, -0.05) is 206 Å². The van der Waals surface area contributed by atoms with Gasteiger partial charge in [-0.3, -0.25) is 22.0 Å². The van der Waals surface area contributed by atoms with Crippen LogP contribution in [0.2, 0.25) is 0 Å². The van der Waals surface area contributed by atoms with E-state index in [2.05, 4.69) is 364 Å². The molecule has 6 fully saturated rings. The Morgan fingerprint density at radius 3 is 0.985 bits per heavy atom. The molecule has 4 bridgehead atoms. The van der Waals surface area contributed by atoms with Gasteiger partial charge < -0.3 is 47.0 Å². The van der Waals surface area contributed by atoms with Crippen LogP contribution in [0.5, 0.6) is 0 Å². The number of para-hydroxylation sites is 5. The summed E-state index contributed by atoms with van der Waals surface area (Å²) >= 11 is 0. The first-order valence-corrected chi connectivity index (χ1v) is 50.2. The van der Waals surface area contributed by atoms with E-state index >= 15 is 0 Å². The molecule has 28 rings (SSSR count). The van der Waals surface area contributed by atoms with Gasteiger partial charge >= 0.3 is 11.7 Å². The summed E-state index contributed by atoms with van der Waals surface area (Å²) in [7, 11) is 6.28. The molecule has 6 saturated carbocycles. The van der Waals surface area contributed by atoms with Crippen LogP contribution in [0.3, 0.4) is 0 Å². The minimum absolute atomic E-state index is 0.0136. The molecule has 20 heteroatoms. The molecule has 0 amide bonds. The molecule has 0 radical (unpaired) electrons. The van der Waals surface area contributed by atoms with Gasteiger partial charge in [0.1, 0.15) is 12.5 Å². The lowest BCUT2D eigenvalue weighted by Gasteiger charge is -2.63. The normalized spacial score (nSPS) is 27.3. The quantitative estimate of drug-likeness (QED) is 0.166. The first-order chi connectivity index (χ1) is 63.3. The second-order valence-electron chi connectivity index (χ2n) is 43.3. The van der Waals surface area contributed by atoms with Gasteiger partial charge in [-0.15, -0.1) is 0 Å². The monoisotopic (exact) mass is 1770 g/mol. The predicted molar refractivity (Wildman–Crippen MR) is 533 cm³/mol. The maximum absolute atomic E-state index is 5.60. The molecule has 7 atom stereocenters. The van der Waals surface area contributed by atoms with Crippen LogP contribution in [-0.2, 0) is 59.7 Å². The predicted octanol–water partition coefficient (Wildman–Crippen LogP) is 26.4. The highest BCUT2D eigenvalue weighted by Gasteiger charge is 2.70. The molecule has 15 aromatic rings. The summed E-state index contributed by atoms with van der Waals surface area (Å²) < 4.78 is 29.0. The maximum atomic E-state index is 5.60. The lowest BCUT2D eigenvalue weighted by atomic mass is 9.47. The molecule has 10 aromatic heterocycles. The standard InChI is InChI=1S/C25H30N4.2C22H28N4.C20H23N3O.C19H21N3O.2C2H6/c1-15-6-4-5-7-21(15)29-16(2)22-23(28-9-8-27(3)24(28)26-22)25(29)19-11-17-10-18(13-19)14-20(25)12-17;2*1-14-17-18(25-13-12-24(7)19(25)23-17)22(6)21(4,5)20(2,3)15-10-8-9-11-16(15)26(14)22;1-14-8-4-5-9-16(14)23-15(2)17-18(20(23)10-6-3-7-11-20)22-12-13-24-19(22)21-17;1-13-7-3-4-8-15(13)22-14(2)16-17(19(22)9-5-6-10-19)21-11-12-23-18(21)20-16;2*1-2/h4-9,16-20H,10-14H2,1-3H3;2*8-14H,1-7H3;4-5,8-9,12-13,15H,3,6-7,10-11H2,1-2H3;3-4,7-8,11-12,14H,5-6,9-10H2,1-2H3;2*1-2H3. The third kappa shape index (κ3) is 11.3. The van der Waals surface area contributed by atoms with E-state index in [0.29, 0.717) is 6.04 Å². The smallest absolute Gasteiger partial charge is 0.306 e. The van der Waals surface area contributed by atoms with Crippen molar-refractivity contribution in [1.82, 2.24) is 60.6 Å². The molecule has 0 N–H and O–H groups in total. The largest absolute Gasteiger partial charge is 0.432 e. The van der Waals surface area contributed by atoms with Crippen molar-refractivity contribution >= 4 is 57.5 Å². The highest BCUT2D eigenvalue weighted by atomic mass is 16.3. The second-order valence-corrected chi connectivity index (χ2v) is 43.3. The lowest BCUT2D eigenvalue weighted by molar-refractivity contribution is -0.0623. The van der Waals surface area contributed by atoms with E-state index in [4.69, 9.17) is 33.8 Å². The topological polar surface area (TPSA) is 144 Å². The SMILES string of the molecule is CC.CC.CC1c2nc3n(C)ccn3c2C2(C)N1c1ccccc1C(C)(C)C2(C)C.CC1c2nc3n(C)ccn3c2C2(C)N1c1ccccc1C(C)(C)C2(C)C.Cc1ccccc1N1C(C)c2nc3n(C)ccn3c2C12C1CC3CC(C1)CC2C3.Cc1ccccc1N1C(C)c2nc3occn3c2C12CCCC2.Cc1ccccc1N1C(C)c2nc3occn3c2C12CCCCC2. The first-order valence-electron chi connectivity index (χ1n) is 50.2. The van der Waals surface area contributed by atoms with E-state index in [9.17, 15) is 0 Å². The number of anilines is 5. The van der Waals surface area contributed by atoms with E-state index in [1.165, 1.54) is 203 Å². The van der Waals surface area contributed by atoms with Crippen LogP contribution < -0.4 is 24.5 Å². The van der Waals surface area contributed by atoms with Crippen molar-refractivity contribution in [2.24, 2.45) is 55.6 Å². The molecule has 3 spiro atoms. The maximum Gasteiger partial charge on any atom is 0.306 e. The Morgan fingerprint density at radius 2 is 0.614 bits per heavy atom. The average molecular weight is 1770 g/mol. The van der Waals surface area contributed by atoms with Gasteiger partial charge in [0.15, 0.2) is 0 Å². The number of aryl methyl sites for hydroxylation is 6. The fourth-order valence-electron chi connectivity index (χ4n) is 29.5. The zero-order chi connectivity index (χ0) is 92.7. The molecule has 132 heavy (non-hydrogen) atoms. The van der Waals surface area contributed by atoms with Gasteiger partial charge in [0.2, 0.25) is 17.3 Å². The molecule has 7 unspecified atom stereocenters. The van der Waals surface area contributed by atoms with E-state index < -0.39 is 0 Å². The second kappa shape index (κ2) is 30.7. The van der Waals surface area contributed by atoms with Crippen LogP contribution in [0.15, 0.2) is 192 Å². The Hall–Kier alpha value is -11.2. The number of oxazole rings is 2. The van der Waals surface area contributed by atoms with Crippen LogP contribution >= 0.6 is 0 Å².